The number of hydrogen-bond donors (Lipinski definition) is 1. The topological polar surface area (TPSA) is 46.3 Å². The van der Waals surface area contributed by atoms with E-state index in [0.717, 1.165) is 31.2 Å². The highest BCUT2D eigenvalue weighted by Crippen LogP contribution is 2.26. The lowest BCUT2D eigenvalue weighted by Gasteiger charge is -2.31. The van der Waals surface area contributed by atoms with Crippen molar-refractivity contribution >= 4 is 29.1 Å². The van der Waals surface area contributed by atoms with Crippen molar-refractivity contribution in [3.63, 3.8) is 0 Å². The Balaban J connectivity index is 2.03. The summed E-state index contributed by atoms with van der Waals surface area (Å²) in [7, 11) is 1.80. The predicted molar refractivity (Wildman–Crippen MR) is 82.9 cm³/mol. The fourth-order valence-electron chi connectivity index (χ4n) is 2.73. The Morgan fingerprint density at radius 3 is 2.70 bits per heavy atom. The smallest absolute Gasteiger partial charge is 0.227 e. The molecule has 1 fully saturated rings. The number of carbonyl (C=O) groups excluding carboxylic acids is 1. The molecule has 0 bridgehead atoms. The van der Waals surface area contributed by atoms with Crippen LogP contribution in [0.4, 0.5) is 0 Å². The van der Waals surface area contributed by atoms with E-state index in [4.69, 9.17) is 28.9 Å². The van der Waals surface area contributed by atoms with Crippen molar-refractivity contribution in [2.45, 2.75) is 38.3 Å². The van der Waals surface area contributed by atoms with Crippen LogP contribution in [0, 0.1) is 5.92 Å². The number of carbonyl (C=O) groups is 1. The monoisotopic (exact) mass is 314 g/mol. The molecular formula is C15H20Cl2N2O. The minimum absolute atomic E-state index is 0.0145. The molecule has 1 saturated carbocycles. The van der Waals surface area contributed by atoms with Crippen molar-refractivity contribution in [2.24, 2.45) is 11.7 Å². The second-order valence-electron chi connectivity index (χ2n) is 5.48. The van der Waals surface area contributed by atoms with Gasteiger partial charge >= 0.3 is 0 Å². The van der Waals surface area contributed by atoms with Gasteiger partial charge in [-0.15, -0.1) is 0 Å². The highest BCUT2D eigenvalue weighted by atomic mass is 35.5. The number of halogens is 2. The van der Waals surface area contributed by atoms with Crippen LogP contribution in [0.1, 0.15) is 31.2 Å². The third kappa shape index (κ3) is 3.66. The highest BCUT2D eigenvalue weighted by molar-refractivity contribution is 6.35. The Morgan fingerprint density at radius 2 is 2.05 bits per heavy atom. The zero-order valence-corrected chi connectivity index (χ0v) is 13.1. The van der Waals surface area contributed by atoms with Gasteiger partial charge in [0.25, 0.3) is 0 Å². The maximum atomic E-state index is 12.5. The van der Waals surface area contributed by atoms with Gasteiger partial charge in [0, 0.05) is 29.7 Å². The molecule has 1 aliphatic rings. The summed E-state index contributed by atoms with van der Waals surface area (Å²) in [5.41, 5.74) is 6.97. The first kappa shape index (κ1) is 15.6. The molecule has 1 aromatic rings. The summed E-state index contributed by atoms with van der Waals surface area (Å²) in [6.07, 6.45) is 4.03. The second-order valence-corrected chi connectivity index (χ2v) is 6.33. The quantitative estimate of drug-likeness (QED) is 0.928. The van der Waals surface area contributed by atoms with E-state index in [1.807, 2.05) is 6.07 Å². The largest absolute Gasteiger partial charge is 0.341 e. The fourth-order valence-corrected chi connectivity index (χ4v) is 3.20. The van der Waals surface area contributed by atoms with Gasteiger partial charge in [0.05, 0.1) is 5.92 Å². The van der Waals surface area contributed by atoms with E-state index in [1.165, 1.54) is 0 Å². The van der Waals surface area contributed by atoms with Crippen LogP contribution in [-0.4, -0.2) is 23.9 Å². The third-order valence-corrected chi connectivity index (χ3v) is 4.52. The maximum absolute atomic E-state index is 12.5. The molecule has 0 aromatic heterocycles. The standard InChI is InChI=1S/C15H20Cl2N2O/c1-19(9-10-6-7-11(16)8-13(10)17)15(20)12-4-2-3-5-14(12)18/h6-8,12,14H,2-5,9,18H2,1H3. The summed E-state index contributed by atoms with van der Waals surface area (Å²) in [6, 6.07) is 5.32. The molecule has 1 aliphatic carbocycles. The van der Waals surface area contributed by atoms with E-state index >= 15 is 0 Å². The molecule has 3 nitrogen and oxygen atoms in total. The van der Waals surface area contributed by atoms with E-state index in [0.29, 0.717) is 16.6 Å². The van der Waals surface area contributed by atoms with Crippen LogP contribution in [0.2, 0.25) is 10.0 Å². The number of hydrogen-bond acceptors (Lipinski definition) is 2. The Morgan fingerprint density at radius 1 is 1.35 bits per heavy atom. The summed E-state index contributed by atoms with van der Waals surface area (Å²) >= 11 is 12.0. The molecule has 1 amide bonds. The molecule has 2 N–H and O–H groups in total. The molecule has 20 heavy (non-hydrogen) atoms. The van der Waals surface area contributed by atoms with E-state index < -0.39 is 0 Å². The van der Waals surface area contributed by atoms with Crippen LogP contribution in [0.15, 0.2) is 18.2 Å². The number of rotatable bonds is 3. The molecule has 0 saturated heterocycles. The summed E-state index contributed by atoms with van der Waals surface area (Å²) in [5, 5.41) is 1.19. The van der Waals surface area contributed by atoms with E-state index in [1.54, 1.807) is 24.1 Å². The first-order valence-corrected chi connectivity index (χ1v) is 7.69. The second kappa shape index (κ2) is 6.79. The molecule has 110 valence electrons. The lowest BCUT2D eigenvalue weighted by atomic mass is 9.84. The first-order valence-electron chi connectivity index (χ1n) is 6.93. The minimum Gasteiger partial charge on any atom is -0.341 e. The van der Waals surface area contributed by atoms with Gasteiger partial charge in [0.15, 0.2) is 0 Å². The Hall–Kier alpha value is -0.770. The minimum atomic E-state index is -0.0557. The SMILES string of the molecule is CN(Cc1ccc(Cl)cc1Cl)C(=O)C1CCCCC1N. The van der Waals surface area contributed by atoms with Gasteiger partial charge in [-0.1, -0.05) is 42.1 Å². The average molecular weight is 315 g/mol. The molecule has 0 radical (unpaired) electrons. The molecule has 2 atom stereocenters. The third-order valence-electron chi connectivity index (χ3n) is 3.94. The Bertz CT molecular complexity index is 493. The van der Waals surface area contributed by atoms with Crippen LogP contribution >= 0.6 is 23.2 Å². The van der Waals surface area contributed by atoms with Crippen molar-refractivity contribution < 1.29 is 4.79 Å². The van der Waals surface area contributed by atoms with Crippen LogP contribution in [0.5, 0.6) is 0 Å². The number of benzene rings is 1. The van der Waals surface area contributed by atoms with Gasteiger partial charge in [0.2, 0.25) is 5.91 Å². The Labute approximate surface area is 130 Å². The molecule has 0 heterocycles. The lowest BCUT2D eigenvalue weighted by molar-refractivity contribution is -0.136. The van der Waals surface area contributed by atoms with Crippen LogP contribution in [0.3, 0.4) is 0 Å². The fraction of sp³-hybridized carbons (Fsp3) is 0.533. The lowest BCUT2D eigenvalue weighted by Crippen LogP contribution is -2.44. The maximum Gasteiger partial charge on any atom is 0.227 e. The molecule has 0 spiro atoms. The average Bonchev–Trinajstić information content (AvgIpc) is 2.41. The predicted octanol–water partition coefficient (Wildman–Crippen LogP) is 3.47. The highest BCUT2D eigenvalue weighted by Gasteiger charge is 2.30. The molecule has 0 aliphatic heterocycles. The van der Waals surface area contributed by atoms with Crippen molar-refractivity contribution in [1.82, 2.24) is 4.90 Å². The van der Waals surface area contributed by atoms with Gasteiger partial charge in [-0.25, -0.2) is 0 Å². The zero-order chi connectivity index (χ0) is 14.7. The molecule has 2 unspecified atom stereocenters. The van der Waals surface area contributed by atoms with Gasteiger partial charge in [-0.2, -0.15) is 0 Å². The van der Waals surface area contributed by atoms with Crippen molar-refractivity contribution in [2.75, 3.05) is 7.05 Å². The number of nitrogens with two attached hydrogens (primary N) is 1. The van der Waals surface area contributed by atoms with Gasteiger partial charge < -0.3 is 10.6 Å². The zero-order valence-electron chi connectivity index (χ0n) is 11.6. The van der Waals surface area contributed by atoms with Crippen LogP contribution < -0.4 is 5.73 Å². The number of amides is 1. The van der Waals surface area contributed by atoms with Crippen LogP contribution in [0.25, 0.3) is 0 Å². The summed E-state index contributed by atoms with van der Waals surface area (Å²) in [4.78, 5) is 14.2. The van der Waals surface area contributed by atoms with Gasteiger partial charge in [-0.3, -0.25) is 4.79 Å². The Kier molecular flexibility index (Phi) is 5.30. The summed E-state index contributed by atoms with van der Waals surface area (Å²) < 4.78 is 0. The van der Waals surface area contributed by atoms with Crippen molar-refractivity contribution in [1.29, 1.82) is 0 Å². The van der Waals surface area contributed by atoms with Crippen molar-refractivity contribution in [3.05, 3.63) is 33.8 Å². The molecule has 2 rings (SSSR count). The number of nitrogens with zero attached hydrogens (tertiary/aromatic N) is 1. The molecular weight excluding hydrogens is 295 g/mol. The van der Waals surface area contributed by atoms with Crippen LogP contribution in [-0.2, 0) is 11.3 Å². The molecule has 1 aromatic carbocycles. The molecule has 5 heteroatoms. The van der Waals surface area contributed by atoms with E-state index in [2.05, 4.69) is 0 Å². The van der Waals surface area contributed by atoms with E-state index in [9.17, 15) is 4.79 Å². The van der Waals surface area contributed by atoms with Gasteiger partial charge in [0.1, 0.15) is 0 Å². The normalized spacial score (nSPS) is 22.6. The summed E-state index contributed by atoms with van der Waals surface area (Å²) in [6.45, 7) is 0.484. The summed E-state index contributed by atoms with van der Waals surface area (Å²) in [5.74, 6) is 0.0584. The van der Waals surface area contributed by atoms with Crippen molar-refractivity contribution in [3.8, 4) is 0 Å². The van der Waals surface area contributed by atoms with E-state index in [-0.39, 0.29) is 17.9 Å². The first-order chi connectivity index (χ1) is 9.49. The van der Waals surface area contributed by atoms with Gasteiger partial charge in [-0.05, 0) is 30.5 Å².